The average Bonchev–Trinajstić information content (AvgIpc) is 3.58. The lowest BCUT2D eigenvalue weighted by atomic mass is 9.74. The van der Waals surface area contributed by atoms with Crippen molar-refractivity contribution in [1.29, 1.82) is 0 Å². The van der Waals surface area contributed by atoms with E-state index in [-0.39, 0.29) is 66.6 Å². The van der Waals surface area contributed by atoms with E-state index in [0.29, 0.717) is 40.1 Å². The number of hydroxylamine groups is 1. The molecular formula is C55H76N2O19S4. The molecule has 444 valence electrons. The van der Waals surface area contributed by atoms with Crippen molar-refractivity contribution in [3.8, 4) is 40.9 Å². The van der Waals surface area contributed by atoms with Gasteiger partial charge in [0, 0.05) is 44.0 Å². The van der Waals surface area contributed by atoms with Crippen molar-refractivity contribution in [3.63, 3.8) is 0 Å². The molecule has 4 heterocycles. The van der Waals surface area contributed by atoms with Gasteiger partial charge in [0.25, 0.3) is 0 Å². The third-order valence-electron chi connectivity index (χ3n) is 15.0. The number of hydrogen-bond donors (Lipinski definition) is 7. The van der Waals surface area contributed by atoms with Gasteiger partial charge in [-0.25, -0.2) is 0 Å². The average molecular weight is 1200 g/mol. The maximum atomic E-state index is 14.4. The second-order valence-electron chi connectivity index (χ2n) is 20.0. The highest BCUT2D eigenvalue weighted by molar-refractivity contribution is 9.09. The van der Waals surface area contributed by atoms with E-state index < -0.39 is 108 Å². The van der Waals surface area contributed by atoms with Crippen LogP contribution in [0.25, 0.3) is 0 Å². The van der Waals surface area contributed by atoms with Crippen LogP contribution in [0.4, 0.5) is 0 Å². The Morgan fingerprint density at radius 1 is 0.850 bits per heavy atom. The molecule has 4 fully saturated rings. The SMILES string of the molecule is CCN[C@H]1CO[C@@H](O[C@H]2[C@H](O[C@H]3C#C/C=C\C#C[C@]4(O)CC(=O)C(C)=C3/C4=C\CSSSC)O[C@H](C)[C@@H](NO[C@H]3C[C@H](O)[C@H](SC(=O)c4c(C)c(C)c(O[C@@H]5O[C@@H](C)[C@H](O)[C@@H](OC)[C@H]5O)c(OC)c4OC)[C@@H](C)O3)[C@@H]2O)C[C@@H]1OC. The normalized spacial score (nSPS) is 37.3. The van der Waals surface area contributed by atoms with E-state index in [1.165, 1.54) is 33.5 Å². The number of nitrogens with one attached hydrogen (secondary N) is 2. The van der Waals surface area contributed by atoms with E-state index >= 15 is 0 Å². The van der Waals surface area contributed by atoms with Crippen LogP contribution < -0.4 is 25.0 Å². The number of methoxy groups -OCH3 is 4. The molecule has 21 nitrogen and oxygen atoms in total. The third-order valence-corrected chi connectivity index (χ3v) is 20.1. The van der Waals surface area contributed by atoms with Crippen LogP contribution in [0.2, 0.25) is 0 Å². The molecule has 7 rings (SSSR count). The summed E-state index contributed by atoms with van der Waals surface area (Å²) in [7, 11) is 10.4. The largest absolute Gasteiger partial charge is 0.492 e. The smallest absolute Gasteiger partial charge is 0.229 e. The summed E-state index contributed by atoms with van der Waals surface area (Å²) in [5.41, 5.74) is 3.25. The van der Waals surface area contributed by atoms with Crippen molar-refractivity contribution < 1.29 is 92.1 Å². The Hall–Kier alpha value is -2.94. The molecule has 80 heavy (non-hydrogen) atoms. The third kappa shape index (κ3) is 14.4. The number of likely N-dealkylation sites (N-methyl/N-ethyl adjacent to an activating group) is 1. The summed E-state index contributed by atoms with van der Waals surface area (Å²) in [5, 5.41) is 60.0. The molecule has 25 heteroatoms. The zero-order valence-electron chi connectivity index (χ0n) is 47.0. The Balaban J connectivity index is 1.09. The van der Waals surface area contributed by atoms with Crippen LogP contribution >= 0.6 is 43.2 Å². The van der Waals surface area contributed by atoms with E-state index in [4.69, 9.17) is 56.9 Å². The number of carbonyl (C=O) groups excluding carboxylic acids is 2. The first kappa shape index (κ1) is 64.6. The van der Waals surface area contributed by atoms with E-state index in [1.54, 1.807) is 80.1 Å². The van der Waals surface area contributed by atoms with Crippen LogP contribution in [-0.2, 0) is 47.5 Å². The summed E-state index contributed by atoms with van der Waals surface area (Å²) in [6, 6.07) is -1.14. The number of Topliss-reactive ketones (excluding diaryl/α,β-unsaturated/α-hetero) is 1. The van der Waals surface area contributed by atoms with Crippen LogP contribution in [0, 0.1) is 37.5 Å². The lowest BCUT2D eigenvalue weighted by Crippen LogP contribution is -2.65. The Labute approximate surface area is 483 Å². The van der Waals surface area contributed by atoms with Gasteiger partial charge in [-0.15, -0.1) is 0 Å². The van der Waals surface area contributed by atoms with Crippen molar-refractivity contribution in [1.82, 2.24) is 10.8 Å². The number of fused-ring (bicyclic) bond motifs is 2. The number of aliphatic hydroxyl groups is 5. The highest BCUT2D eigenvalue weighted by Crippen LogP contribution is 2.48. The standard InChI is InChI=1S/C55H76N2O19S4/c1-13-56-33-25-69-38(23-37(33)65-8)74-49-44(61)42(29(5)71-54(49)73-36-18-16-14-15-17-20-55(64)24-35(59)28(4)40(36)32(55)19-21-78-80-77-12)57-76-39-22-34(58)51(31(7)70-39)79-52(63)41-26(2)27(3)46(50(68-11)47(41)66-9)75-53-45(62)48(67-10)43(60)30(6)72-53/h14-15,19,29-31,33-34,36-39,42-45,48-49,51,53-54,56-58,60-62,64H,13,21-25H2,1-12H3/b15-14-,32-19+/t29-,30+,31-,33+,34+,36+,37+,38+,39+,42-,43+,44+,45-,48-,49-,51-,53+,54+,55+/m1/s1. The quantitative estimate of drug-likeness (QED) is 0.0401. The zero-order valence-corrected chi connectivity index (χ0v) is 50.2. The van der Waals surface area contributed by atoms with Gasteiger partial charge in [-0.1, -0.05) is 70.0 Å². The van der Waals surface area contributed by atoms with Crippen LogP contribution in [0.5, 0.6) is 17.2 Å². The van der Waals surface area contributed by atoms with Gasteiger partial charge in [-0.05, 0) is 93.0 Å². The summed E-state index contributed by atoms with van der Waals surface area (Å²) in [6.07, 6.45) is -9.12. The summed E-state index contributed by atoms with van der Waals surface area (Å²) in [4.78, 5) is 34.2. The fraction of sp³-hybridized carbons (Fsp3) is 0.673. The summed E-state index contributed by atoms with van der Waals surface area (Å²) in [6.45, 7) is 13.0. The lowest BCUT2D eigenvalue weighted by molar-refractivity contribution is -0.336. The Morgan fingerprint density at radius 3 is 2.25 bits per heavy atom. The molecule has 0 radical (unpaired) electrons. The Bertz CT molecular complexity index is 2560. The molecule has 0 aromatic heterocycles. The molecule has 4 saturated heterocycles. The van der Waals surface area contributed by atoms with Gasteiger partial charge < -0.3 is 83.0 Å². The molecule has 0 spiro atoms. The topological polar surface area (TPSA) is 270 Å². The number of allylic oxidation sites excluding steroid dienone is 3. The minimum atomic E-state index is -1.85. The molecule has 4 aliphatic heterocycles. The van der Waals surface area contributed by atoms with Gasteiger partial charge >= 0.3 is 0 Å². The number of ether oxygens (including phenoxy) is 11. The van der Waals surface area contributed by atoms with Crippen LogP contribution in [0.15, 0.2) is 34.9 Å². The van der Waals surface area contributed by atoms with Crippen LogP contribution in [0.1, 0.15) is 75.4 Å². The molecule has 6 aliphatic rings. The van der Waals surface area contributed by atoms with Crippen molar-refractivity contribution in [2.24, 2.45) is 0 Å². The van der Waals surface area contributed by atoms with Crippen molar-refractivity contribution in [3.05, 3.63) is 51.6 Å². The Kier molecular flexibility index (Phi) is 23.6. The molecule has 0 unspecified atom stereocenters. The Morgan fingerprint density at radius 2 is 1.57 bits per heavy atom. The van der Waals surface area contributed by atoms with Crippen molar-refractivity contribution in [2.75, 3.05) is 53.6 Å². The van der Waals surface area contributed by atoms with Gasteiger partial charge in [0.05, 0.1) is 80.7 Å². The molecule has 2 bridgehead atoms. The molecule has 0 saturated carbocycles. The van der Waals surface area contributed by atoms with Gasteiger partial charge in [0.1, 0.15) is 36.6 Å². The number of ketones is 1. The second kappa shape index (κ2) is 29.2. The lowest BCUT2D eigenvalue weighted by Gasteiger charge is -2.46. The van der Waals surface area contributed by atoms with E-state index in [9.17, 15) is 35.1 Å². The monoisotopic (exact) mass is 1200 g/mol. The number of carbonyl (C=O) groups is 2. The minimum Gasteiger partial charge on any atom is -0.492 e. The molecule has 7 N–H and O–H groups in total. The first-order chi connectivity index (χ1) is 38.2. The van der Waals surface area contributed by atoms with Gasteiger partial charge in [0.2, 0.25) is 17.2 Å². The fourth-order valence-corrected chi connectivity index (χ4v) is 14.1. The number of benzene rings is 1. The van der Waals surface area contributed by atoms with E-state index in [0.717, 1.165) is 11.8 Å². The highest BCUT2D eigenvalue weighted by atomic mass is 33.5. The fourth-order valence-electron chi connectivity index (χ4n) is 10.6. The first-order valence-electron chi connectivity index (χ1n) is 26.4. The minimum absolute atomic E-state index is 0.0497. The maximum Gasteiger partial charge on any atom is 0.229 e. The number of thioether (sulfide) groups is 1. The van der Waals surface area contributed by atoms with Crippen molar-refractivity contribution >= 4 is 54.1 Å². The summed E-state index contributed by atoms with van der Waals surface area (Å²) in [5.74, 6) is 12.2. The van der Waals surface area contributed by atoms with Gasteiger partial charge in [-0.2, -0.15) is 5.48 Å². The van der Waals surface area contributed by atoms with Crippen LogP contribution in [0.3, 0.4) is 0 Å². The first-order valence-corrected chi connectivity index (χ1v) is 31.3. The van der Waals surface area contributed by atoms with E-state index in [1.807, 2.05) is 19.3 Å². The highest BCUT2D eigenvalue weighted by Gasteiger charge is 2.51. The molecule has 19 atom stereocenters. The summed E-state index contributed by atoms with van der Waals surface area (Å²) >= 11 is 0.855. The number of hydrogen-bond acceptors (Lipinski definition) is 25. The second-order valence-corrected chi connectivity index (χ2v) is 25.5. The molecular weight excluding hydrogens is 1120 g/mol. The van der Waals surface area contributed by atoms with E-state index in [2.05, 4.69) is 34.5 Å². The molecule has 1 aromatic rings. The maximum absolute atomic E-state index is 14.4. The zero-order chi connectivity index (χ0) is 58.2. The molecule has 2 aliphatic carbocycles. The predicted octanol–water partition coefficient (Wildman–Crippen LogP) is 3.61. The van der Waals surface area contributed by atoms with Crippen LogP contribution in [-0.4, -0.2) is 205 Å². The van der Waals surface area contributed by atoms with Crippen molar-refractivity contribution in [2.45, 2.75) is 183 Å². The molecule has 1 aromatic carbocycles. The predicted molar refractivity (Wildman–Crippen MR) is 302 cm³/mol. The molecule has 0 amide bonds. The van der Waals surface area contributed by atoms with Gasteiger partial charge in [0.15, 0.2) is 41.8 Å². The number of aliphatic hydroxyl groups excluding tert-OH is 4. The summed E-state index contributed by atoms with van der Waals surface area (Å²) < 4.78 is 67.3. The van der Waals surface area contributed by atoms with Gasteiger partial charge in [-0.3, -0.25) is 14.4 Å². The number of rotatable bonds is 21.